The molecule has 3 aliphatic rings. The molecule has 10 atom stereocenters. The lowest BCUT2D eigenvalue weighted by Gasteiger charge is -2.46. The minimum atomic E-state index is -1.60. The van der Waals surface area contributed by atoms with Gasteiger partial charge in [0.25, 0.3) is 5.91 Å². The molecule has 0 bridgehead atoms. The fraction of sp³-hybridized carbons (Fsp3) is 0.905. The van der Waals surface area contributed by atoms with Gasteiger partial charge in [0.05, 0.1) is 25.4 Å². The molecule has 0 aromatic rings. The number of hydrogen-bond donors (Lipinski definition) is 5. The third kappa shape index (κ3) is 5.35. The van der Waals surface area contributed by atoms with Crippen LogP contribution in [-0.2, 0) is 28.5 Å². The molecule has 0 radical (unpaired) electrons. The maximum absolute atomic E-state index is 12.5. The summed E-state index contributed by atoms with van der Waals surface area (Å²) in [5.41, 5.74) is -1.25. The molecule has 0 aromatic heterocycles. The molecule has 15 heteroatoms. The van der Waals surface area contributed by atoms with Crippen LogP contribution < -0.4 is 0 Å². The molecule has 3 amide bonds. The summed E-state index contributed by atoms with van der Waals surface area (Å²) in [7, 11) is 2.65. The van der Waals surface area contributed by atoms with E-state index in [-0.39, 0.29) is 13.0 Å². The zero-order valence-corrected chi connectivity index (χ0v) is 21.2. The van der Waals surface area contributed by atoms with Crippen LogP contribution in [0.1, 0.15) is 20.3 Å². The van der Waals surface area contributed by atoms with E-state index in [1.54, 1.807) is 0 Å². The lowest BCUT2D eigenvalue weighted by Crippen LogP contribution is -2.63. The van der Waals surface area contributed by atoms with Gasteiger partial charge in [0.1, 0.15) is 48.9 Å². The van der Waals surface area contributed by atoms with Crippen LogP contribution in [0.25, 0.3) is 0 Å². The van der Waals surface area contributed by atoms with Crippen molar-refractivity contribution >= 4 is 23.7 Å². The molecule has 1 saturated carbocycles. The largest absolute Gasteiger partial charge is 0.394 e. The van der Waals surface area contributed by atoms with Gasteiger partial charge >= 0.3 is 6.03 Å². The number of ether oxygens (including phenoxy) is 5. The Morgan fingerprint density at radius 1 is 1.03 bits per heavy atom. The van der Waals surface area contributed by atoms with Crippen LogP contribution in [0.3, 0.4) is 0 Å². The smallest absolute Gasteiger partial charge is 0.344 e. The third-order valence-corrected chi connectivity index (χ3v) is 7.53. The summed E-state index contributed by atoms with van der Waals surface area (Å²) < 4.78 is 28.2. The topological polar surface area (TPSA) is 188 Å². The van der Waals surface area contributed by atoms with Crippen molar-refractivity contribution in [2.75, 3.05) is 34.2 Å². The van der Waals surface area contributed by atoms with Crippen LogP contribution in [0.2, 0.25) is 0 Å². The van der Waals surface area contributed by atoms with Gasteiger partial charge in [-0.25, -0.2) is 14.1 Å². The average Bonchev–Trinajstić information content (AvgIpc) is 3.00. The Hall–Kier alpha value is -1.17. The van der Waals surface area contributed by atoms with E-state index >= 15 is 0 Å². The molecule has 36 heavy (non-hydrogen) atoms. The molecule has 5 N–H and O–H groups in total. The number of hydrogen-bond acceptors (Lipinski definition) is 12. The van der Waals surface area contributed by atoms with Gasteiger partial charge in [-0.2, -0.15) is 0 Å². The van der Waals surface area contributed by atoms with Gasteiger partial charge in [-0.1, -0.05) is 0 Å². The number of nitrogens with zero attached hydrogens (tertiary/aromatic N) is 2. The summed E-state index contributed by atoms with van der Waals surface area (Å²) in [5.74, 6) is -1.22. The van der Waals surface area contributed by atoms with E-state index in [0.717, 1.165) is 9.32 Å². The van der Waals surface area contributed by atoms with Crippen molar-refractivity contribution in [2.45, 2.75) is 80.9 Å². The minimum absolute atomic E-state index is 0.143. The van der Waals surface area contributed by atoms with Crippen LogP contribution in [0.4, 0.5) is 4.79 Å². The van der Waals surface area contributed by atoms with Gasteiger partial charge < -0.3 is 49.2 Å². The van der Waals surface area contributed by atoms with Crippen molar-refractivity contribution in [1.29, 1.82) is 0 Å². The number of rotatable bonds is 9. The van der Waals surface area contributed by atoms with E-state index in [0.29, 0.717) is 0 Å². The number of carbonyl (C=O) groups is 2. The molecular weight excluding hydrogens is 508 g/mol. The Balaban J connectivity index is 1.72. The fourth-order valence-corrected chi connectivity index (χ4v) is 4.89. The number of aliphatic hydroxyl groups excluding tert-OH is 5. The maximum Gasteiger partial charge on any atom is 0.344 e. The second-order valence-corrected chi connectivity index (χ2v) is 9.95. The predicted octanol–water partition coefficient (Wildman–Crippen LogP) is -2.25. The summed E-state index contributed by atoms with van der Waals surface area (Å²) in [4.78, 5) is 25.7. The lowest BCUT2D eigenvalue weighted by atomic mass is 9.81. The SMILES string of the molecule is CO[C@H]1C(CO)OC(O[C@@H]2C(COCN3C(=O)N(Cl)C(C)(C)C3=O)C[C@H](OC)C(O)C2O)C(O)C1O. The molecule has 1 aliphatic carbocycles. The molecule has 0 aromatic carbocycles. The minimum Gasteiger partial charge on any atom is -0.394 e. The molecule has 7 unspecified atom stereocenters. The second kappa shape index (κ2) is 11.7. The van der Waals surface area contributed by atoms with Crippen LogP contribution in [0, 0.1) is 5.92 Å². The Morgan fingerprint density at radius 3 is 2.19 bits per heavy atom. The second-order valence-electron chi connectivity index (χ2n) is 9.61. The summed E-state index contributed by atoms with van der Waals surface area (Å²) in [5, 5.41) is 51.8. The summed E-state index contributed by atoms with van der Waals surface area (Å²) in [6.45, 7) is 1.87. The van der Waals surface area contributed by atoms with Crippen LogP contribution in [0.15, 0.2) is 0 Å². The Morgan fingerprint density at radius 2 is 1.67 bits per heavy atom. The Labute approximate surface area is 213 Å². The first kappa shape index (κ1) is 29.4. The van der Waals surface area contributed by atoms with Crippen molar-refractivity contribution in [3.63, 3.8) is 0 Å². The number of methoxy groups -OCH3 is 2. The van der Waals surface area contributed by atoms with Gasteiger partial charge in [-0.15, -0.1) is 0 Å². The highest BCUT2D eigenvalue weighted by atomic mass is 35.5. The van der Waals surface area contributed by atoms with Crippen molar-refractivity contribution in [3.05, 3.63) is 0 Å². The zero-order chi connectivity index (χ0) is 26.9. The lowest BCUT2D eigenvalue weighted by molar-refractivity contribution is -0.333. The van der Waals surface area contributed by atoms with Crippen LogP contribution in [0.5, 0.6) is 0 Å². The molecule has 3 fully saturated rings. The standard InChI is InChI=1S/C21H35ClN2O12/c1-21(2)19(30)23(20(31)24(21)22)8-34-7-9-5-10(32-3)12(26)13(27)16(9)36-18-15(29)14(28)17(33-4)11(6-25)35-18/h9-18,25-29H,5-8H2,1-4H3/t9?,10-,11?,12?,13?,14?,15?,16+,17-,18?/m0/s1. The quantitative estimate of drug-likeness (QED) is 0.156. The maximum atomic E-state index is 12.5. The van der Waals surface area contributed by atoms with Gasteiger partial charge in [-0.05, 0) is 20.3 Å². The monoisotopic (exact) mass is 542 g/mol. The number of amides is 3. The van der Waals surface area contributed by atoms with E-state index in [9.17, 15) is 35.1 Å². The van der Waals surface area contributed by atoms with Crippen LogP contribution >= 0.6 is 11.8 Å². The number of carbonyl (C=O) groups excluding carboxylic acids is 2. The van der Waals surface area contributed by atoms with Gasteiger partial charge in [0.15, 0.2) is 6.29 Å². The highest BCUT2D eigenvalue weighted by molar-refractivity contribution is 6.27. The summed E-state index contributed by atoms with van der Waals surface area (Å²) in [6.07, 6.45) is -11.3. The molecule has 208 valence electrons. The zero-order valence-electron chi connectivity index (χ0n) is 20.5. The summed E-state index contributed by atoms with van der Waals surface area (Å²) >= 11 is 5.93. The third-order valence-electron chi connectivity index (χ3n) is 6.96. The number of aliphatic hydroxyl groups is 5. The van der Waals surface area contributed by atoms with Gasteiger partial charge in [0.2, 0.25) is 0 Å². The number of halogens is 1. The molecule has 3 rings (SSSR count). The predicted molar refractivity (Wildman–Crippen MR) is 119 cm³/mol. The normalized spacial score (nSPS) is 41.3. The number of urea groups is 1. The molecule has 0 spiro atoms. The first-order valence-corrected chi connectivity index (χ1v) is 11.8. The molecule has 14 nitrogen and oxygen atoms in total. The molecule has 2 heterocycles. The Bertz CT molecular complexity index is 788. The van der Waals surface area contributed by atoms with Crippen molar-refractivity contribution in [1.82, 2.24) is 9.32 Å². The van der Waals surface area contributed by atoms with E-state index in [4.69, 9.17) is 35.5 Å². The highest BCUT2D eigenvalue weighted by Gasteiger charge is 2.52. The van der Waals surface area contributed by atoms with E-state index < -0.39 is 91.9 Å². The van der Waals surface area contributed by atoms with Crippen molar-refractivity contribution in [2.24, 2.45) is 5.92 Å². The first-order chi connectivity index (χ1) is 16.9. The molecular formula is C21H35ClN2O12. The molecule has 2 aliphatic heterocycles. The first-order valence-electron chi connectivity index (χ1n) is 11.5. The Kier molecular flexibility index (Phi) is 9.55. The van der Waals surface area contributed by atoms with Gasteiger partial charge in [0, 0.05) is 31.9 Å². The van der Waals surface area contributed by atoms with Crippen molar-refractivity contribution in [3.8, 4) is 0 Å². The van der Waals surface area contributed by atoms with Crippen molar-refractivity contribution < 1.29 is 58.8 Å². The van der Waals surface area contributed by atoms with E-state index in [1.165, 1.54) is 28.1 Å². The average molecular weight is 543 g/mol. The van der Waals surface area contributed by atoms with E-state index in [2.05, 4.69) is 0 Å². The fourth-order valence-electron chi connectivity index (χ4n) is 4.72. The van der Waals surface area contributed by atoms with E-state index in [1.807, 2.05) is 0 Å². The summed E-state index contributed by atoms with van der Waals surface area (Å²) in [6, 6.07) is -0.746. The number of imide groups is 1. The van der Waals surface area contributed by atoms with Crippen LogP contribution in [-0.4, -0.2) is 142 Å². The van der Waals surface area contributed by atoms with Gasteiger partial charge in [-0.3, -0.25) is 4.79 Å². The highest BCUT2D eigenvalue weighted by Crippen LogP contribution is 2.34. The molecule has 2 saturated heterocycles.